The van der Waals surface area contributed by atoms with E-state index in [4.69, 9.17) is 28.4 Å². The van der Waals surface area contributed by atoms with Gasteiger partial charge in [0.05, 0.1) is 26.4 Å². The van der Waals surface area contributed by atoms with Gasteiger partial charge in [-0.15, -0.1) is 0 Å². The largest absolute Gasteiger partial charge is 0.457 e. The Morgan fingerprint density at radius 1 is 0.548 bits per heavy atom. The molecule has 62 heavy (non-hydrogen) atoms. The second-order valence-corrected chi connectivity index (χ2v) is 16.6. The Kier molecular flexibility index (Phi) is 32.7. The van der Waals surface area contributed by atoms with Crippen LogP contribution in [-0.4, -0.2) is 142 Å². The van der Waals surface area contributed by atoms with Crippen LogP contribution in [0.5, 0.6) is 0 Å². The molecule has 14 nitrogen and oxygen atoms in total. The maximum absolute atomic E-state index is 13.0. The van der Waals surface area contributed by atoms with Crippen molar-refractivity contribution in [1.82, 2.24) is 0 Å². The fourth-order valence-electron chi connectivity index (χ4n) is 7.22. The molecule has 11 unspecified atom stereocenters. The van der Waals surface area contributed by atoms with Crippen LogP contribution >= 0.6 is 0 Å². The number of esters is 1. The number of unbranched alkanes of at least 4 members (excludes halogenated alkanes) is 14. The minimum absolute atomic E-state index is 0.0516. The Morgan fingerprint density at radius 3 is 1.65 bits per heavy atom. The van der Waals surface area contributed by atoms with Crippen LogP contribution < -0.4 is 0 Å². The zero-order chi connectivity index (χ0) is 45.2. The number of aliphatic hydroxyl groups is 7. The molecule has 0 aliphatic carbocycles. The molecular weight excluding hydrogens is 801 g/mol. The summed E-state index contributed by atoms with van der Waals surface area (Å²) in [5, 5.41) is 71.9. The van der Waals surface area contributed by atoms with Crippen molar-refractivity contribution in [2.24, 2.45) is 0 Å². The van der Waals surface area contributed by atoms with Gasteiger partial charge in [0.25, 0.3) is 0 Å². The van der Waals surface area contributed by atoms with Crippen LogP contribution in [0.15, 0.2) is 48.6 Å². The van der Waals surface area contributed by atoms with Crippen LogP contribution in [0.1, 0.15) is 149 Å². The molecule has 2 rings (SSSR count). The van der Waals surface area contributed by atoms with E-state index in [1.807, 2.05) is 0 Å². The van der Waals surface area contributed by atoms with E-state index in [2.05, 4.69) is 62.5 Å². The lowest BCUT2D eigenvalue weighted by molar-refractivity contribution is -0.332. The molecule has 0 aromatic heterocycles. The normalized spacial score (nSPS) is 27.6. The monoisotopic (exact) mass is 885 g/mol. The molecule has 2 aliphatic rings. The van der Waals surface area contributed by atoms with Crippen molar-refractivity contribution in [2.45, 2.75) is 216 Å². The number of carbonyl (C=O) groups excluding carboxylic acids is 1. The lowest BCUT2D eigenvalue weighted by atomic mass is 9.98. The highest BCUT2D eigenvalue weighted by molar-refractivity contribution is 5.69. The number of hydrogen-bond donors (Lipinski definition) is 7. The quantitative estimate of drug-likeness (QED) is 0.0218. The summed E-state index contributed by atoms with van der Waals surface area (Å²) < 4.78 is 34.1. The van der Waals surface area contributed by atoms with Gasteiger partial charge < -0.3 is 64.2 Å². The molecule has 0 aromatic carbocycles. The first kappa shape index (κ1) is 56.1. The Labute approximate surface area is 372 Å². The third-order valence-corrected chi connectivity index (χ3v) is 11.1. The summed E-state index contributed by atoms with van der Waals surface area (Å²) in [5.41, 5.74) is 0. The number of rotatable bonds is 36. The Morgan fingerprint density at radius 2 is 1.05 bits per heavy atom. The maximum Gasteiger partial charge on any atom is 0.306 e. The summed E-state index contributed by atoms with van der Waals surface area (Å²) in [6.07, 6.45) is 23.2. The van der Waals surface area contributed by atoms with Crippen molar-refractivity contribution < 1.29 is 69.0 Å². The molecular formula is C48H84O14. The van der Waals surface area contributed by atoms with Gasteiger partial charge in [-0.25, -0.2) is 0 Å². The summed E-state index contributed by atoms with van der Waals surface area (Å²) in [5.74, 6) is -0.401. The van der Waals surface area contributed by atoms with E-state index in [9.17, 15) is 40.5 Å². The van der Waals surface area contributed by atoms with E-state index in [0.29, 0.717) is 13.0 Å². The lowest BCUT2D eigenvalue weighted by Gasteiger charge is -2.42. The molecule has 7 N–H and O–H groups in total. The van der Waals surface area contributed by atoms with Crippen LogP contribution in [0.4, 0.5) is 0 Å². The molecule has 2 aliphatic heterocycles. The predicted molar refractivity (Wildman–Crippen MR) is 238 cm³/mol. The van der Waals surface area contributed by atoms with Crippen LogP contribution in [0.2, 0.25) is 0 Å². The number of aliphatic hydroxyl groups excluding tert-OH is 7. The Hall–Kier alpha value is -2.05. The highest BCUT2D eigenvalue weighted by Crippen LogP contribution is 2.26. The van der Waals surface area contributed by atoms with E-state index in [0.717, 1.165) is 70.6 Å². The van der Waals surface area contributed by atoms with Crippen molar-refractivity contribution in [2.75, 3.05) is 33.0 Å². The van der Waals surface area contributed by atoms with E-state index < -0.39 is 86.7 Å². The van der Waals surface area contributed by atoms with Crippen LogP contribution in [0, 0.1) is 0 Å². The molecule has 2 saturated heterocycles. The minimum atomic E-state index is -1.71. The summed E-state index contributed by atoms with van der Waals surface area (Å²) in [6.45, 7) is 3.52. The second kappa shape index (κ2) is 36.2. The van der Waals surface area contributed by atoms with E-state index >= 15 is 0 Å². The zero-order valence-electron chi connectivity index (χ0n) is 37.8. The van der Waals surface area contributed by atoms with E-state index in [-0.39, 0.29) is 19.6 Å². The van der Waals surface area contributed by atoms with Gasteiger partial charge in [-0.1, -0.05) is 140 Å². The summed E-state index contributed by atoms with van der Waals surface area (Å²) >= 11 is 0. The molecule has 11 atom stereocenters. The average molecular weight is 885 g/mol. The van der Waals surface area contributed by atoms with Gasteiger partial charge in [0.2, 0.25) is 0 Å². The topological polar surface area (TPSA) is 214 Å². The molecule has 14 heteroatoms. The molecule has 0 bridgehead atoms. The first-order valence-corrected chi connectivity index (χ1v) is 23.7. The first-order chi connectivity index (χ1) is 30.1. The third kappa shape index (κ3) is 24.3. The van der Waals surface area contributed by atoms with Gasteiger partial charge in [0, 0.05) is 13.0 Å². The van der Waals surface area contributed by atoms with Crippen molar-refractivity contribution in [1.29, 1.82) is 0 Å². The summed E-state index contributed by atoms with van der Waals surface area (Å²) in [7, 11) is 0. The molecule has 0 spiro atoms. The van der Waals surface area contributed by atoms with E-state index in [1.54, 1.807) is 0 Å². The van der Waals surface area contributed by atoms with Crippen LogP contribution in [0.25, 0.3) is 0 Å². The highest BCUT2D eigenvalue weighted by atomic mass is 16.7. The molecule has 0 saturated carbocycles. The van der Waals surface area contributed by atoms with Crippen molar-refractivity contribution in [3.05, 3.63) is 48.6 Å². The first-order valence-electron chi connectivity index (χ1n) is 23.7. The number of allylic oxidation sites excluding steroid dienone is 8. The van der Waals surface area contributed by atoms with Gasteiger partial charge in [0.15, 0.2) is 12.6 Å². The lowest BCUT2D eigenvalue weighted by Crippen LogP contribution is -2.61. The molecule has 0 amide bonds. The van der Waals surface area contributed by atoms with Crippen molar-refractivity contribution >= 4 is 5.97 Å². The molecule has 2 heterocycles. The fourth-order valence-corrected chi connectivity index (χ4v) is 7.22. The second-order valence-electron chi connectivity index (χ2n) is 16.6. The number of ether oxygens (including phenoxy) is 6. The van der Waals surface area contributed by atoms with Crippen LogP contribution in [-0.2, 0) is 33.2 Å². The Balaban J connectivity index is 1.81. The smallest absolute Gasteiger partial charge is 0.306 e. The zero-order valence-corrected chi connectivity index (χ0v) is 37.8. The van der Waals surface area contributed by atoms with E-state index in [1.165, 1.54) is 51.4 Å². The Bertz CT molecular complexity index is 1210. The SMILES string of the molecule is CC/C=C\C/C=C\C/C=C\C/C=C\CCCCCCC(=O)OC(COCCCCCCCCCCCCC)COC1OC(COC2OC(CO)C(O)C(O)C2O)C(O)C(O)C1O. The highest BCUT2D eigenvalue weighted by Gasteiger charge is 2.47. The van der Waals surface area contributed by atoms with Gasteiger partial charge in [-0.3, -0.25) is 4.79 Å². The average Bonchev–Trinajstić information content (AvgIpc) is 3.27. The molecule has 0 radical (unpaired) electrons. The standard InChI is InChI=1S/C48H84O14/c1-3-5-7-9-11-13-15-16-17-18-19-20-21-23-25-27-29-31-40(50)60-37(34-57-32-30-28-26-24-22-14-12-10-8-6-4-2)35-58-47-46(56)44(54)42(52)39(62-47)36-59-48-45(55)43(53)41(51)38(33-49)61-48/h5,7,11,13,16-17,19-20,37-39,41-49,51-56H,3-4,6,8-10,12,14-15,18,21-36H2,1-2H3/b7-5-,13-11-,17-16-,20-19-. The molecule has 2 fully saturated rings. The van der Waals surface area contributed by atoms with Gasteiger partial charge in [0.1, 0.15) is 54.9 Å². The van der Waals surface area contributed by atoms with Gasteiger partial charge in [-0.05, 0) is 51.4 Å². The van der Waals surface area contributed by atoms with Crippen molar-refractivity contribution in [3.8, 4) is 0 Å². The fraction of sp³-hybridized carbons (Fsp3) is 0.812. The van der Waals surface area contributed by atoms with Crippen molar-refractivity contribution in [3.63, 3.8) is 0 Å². The predicted octanol–water partition coefficient (Wildman–Crippen LogP) is 6.01. The van der Waals surface area contributed by atoms with Crippen LogP contribution in [0.3, 0.4) is 0 Å². The number of hydrogen-bond acceptors (Lipinski definition) is 14. The van der Waals surface area contributed by atoms with Gasteiger partial charge in [-0.2, -0.15) is 0 Å². The maximum atomic E-state index is 13.0. The molecule has 360 valence electrons. The van der Waals surface area contributed by atoms with Gasteiger partial charge >= 0.3 is 5.97 Å². The summed E-state index contributed by atoms with van der Waals surface area (Å²) in [6, 6.07) is 0. The third-order valence-electron chi connectivity index (χ3n) is 11.1. The summed E-state index contributed by atoms with van der Waals surface area (Å²) in [4.78, 5) is 13.0. The minimum Gasteiger partial charge on any atom is -0.457 e. The number of carbonyl (C=O) groups is 1. The molecule has 0 aromatic rings.